The van der Waals surface area contributed by atoms with Gasteiger partial charge in [0.25, 0.3) is 0 Å². The lowest BCUT2D eigenvalue weighted by Crippen LogP contribution is -2.47. The van der Waals surface area contributed by atoms with E-state index in [1.54, 1.807) is 7.11 Å². The van der Waals surface area contributed by atoms with Gasteiger partial charge in [-0.1, -0.05) is 18.2 Å². The van der Waals surface area contributed by atoms with Crippen molar-refractivity contribution in [1.82, 2.24) is 20.0 Å². The predicted octanol–water partition coefficient (Wildman–Crippen LogP) is 2.48. The van der Waals surface area contributed by atoms with Gasteiger partial charge in [0.1, 0.15) is 5.75 Å². The van der Waals surface area contributed by atoms with Gasteiger partial charge in [-0.15, -0.1) is 0 Å². The van der Waals surface area contributed by atoms with Crippen molar-refractivity contribution in [2.24, 2.45) is 0 Å². The number of hydrogen-bond acceptors (Lipinski definition) is 4. The van der Waals surface area contributed by atoms with E-state index in [4.69, 9.17) is 9.84 Å². The molecule has 0 spiro atoms. The highest BCUT2D eigenvalue weighted by Gasteiger charge is 2.20. The first-order valence-corrected chi connectivity index (χ1v) is 9.00. The van der Waals surface area contributed by atoms with E-state index in [0.717, 1.165) is 34.8 Å². The molecule has 2 aromatic carbocycles. The Morgan fingerprint density at radius 3 is 2.59 bits per heavy atom. The van der Waals surface area contributed by atoms with Gasteiger partial charge in [-0.05, 0) is 36.4 Å². The molecule has 0 aliphatic carbocycles. The van der Waals surface area contributed by atoms with E-state index in [9.17, 15) is 4.79 Å². The predicted molar refractivity (Wildman–Crippen MR) is 104 cm³/mol. The fourth-order valence-corrected chi connectivity index (χ4v) is 3.30. The number of rotatable bonds is 5. The van der Waals surface area contributed by atoms with Crippen LogP contribution in [0.15, 0.2) is 60.8 Å². The molecule has 6 heteroatoms. The minimum Gasteiger partial charge on any atom is -0.497 e. The molecule has 1 fully saturated rings. The molecule has 2 heterocycles. The summed E-state index contributed by atoms with van der Waals surface area (Å²) in [5.74, 6) is 0.887. The first-order chi connectivity index (χ1) is 13.2. The van der Waals surface area contributed by atoms with Crippen LogP contribution in [0.4, 0.5) is 0 Å². The Morgan fingerprint density at radius 2 is 1.89 bits per heavy atom. The van der Waals surface area contributed by atoms with Gasteiger partial charge in [0.15, 0.2) is 0 Å². The van der Waals surface area contributed by atoms with Crippen molar-refractivity contribution < 1.29 is 9.53 Å². The summed E-state index contributed by atoms with van der Waals surface area (Å²) in [5, 5.41) is 7.71. The summed E-state index contributed by atoms with van der Waals surface area (Å²) in [6.07, 6.45) is 2.06. The molecule has 1 aliphatic rings. The summed E-state index contributed by atoms with van der Waals surface area (Å²) >= 11 is 0. The Balaban J connectivity index is 1.70. The molecule has 27 heavy (non-hydrogen) atoms. The minimum absolute atomic E-state index is 0.0719. The summed E-state index contributed by atoms with van der Waals surface area (Å²) in [6, 6.07) is 18.0. The summed E-state index contributed by atoms with van der Waals surface area (Å²) in [6.45, 7) is 2.62. The highest BCUT2D eigenvalue weighted by molar-refractivity contribution is 5.78. The fourth-order valence-electron chi connectivity index (χ4n) is 3.30. The average Bonchev–Trinajstić information content (AvgIpc) is 3.12. The molecule has 0 bridgehead atoms. The minimum atomic E-state index is 0.0719. The van der Waals surface area contributed by atoms with Gasteiger partial charge in [0.2, 0.25) is 5.91 Å². The van der Waals surface area contributed by atoms with E-state index in [2.05, 4.69) is 16.4 Å². The monoisotopic (exact) mass is 362 g/mol. The van der Waals surface area contributed by atoms with Crippen LogP contribution in [0.5, 0.6) is 5.75 Å². The number of nitrogens with one attached hydrogen (secondary N) is 1. The number of carbonyl (C=O) groups is 1. The maximum atomic E-state index is 11.7. The molecule has 138 valence electrons. The second kappa shape index (κ2) is 7.63. The number of amides is 1. The number of ether oxygens (including phenoxy) is 1. The van der Waals surface area contributed by atoms with Crippen molar-refractivity contribution in [2.45, 2.75) is 6.54 Å². The van der Waals surface area contributed by atoms with Crippen LogP contribution in [0.2, 0.25) is 0 Å². The van der Waals surface area contributed by atoms with E-state index in [0.29, 0.717) is 19.6 Å². The van der Waals surface area contributed by atoms with E-state index >= 15 is 0 Å². The number of aromatic nitrogens is 2. The smallest absolute Gasteiger partial charge is 0.234 e. The van der Waals surface area contributed by atoms with Gasteiger partial charge in [0, 0.05) is 37.0 Å². The number of benzene rings is 2. The van der Waals surface area contributed by atoms with Crippen LogP contribution >= 0.6 is 0 Å². The van der Waals surface area contributed by atoms with Crippen LogP contribution in [0.3, 0.4) is 0 Å². The summed E-state index contributed by atoms with van der Waals surface area (Å²) in [4.78, 5) is 13.9. The molecule has 0 atom stereocenters. The number of para-hydroxylation sites is 1. The van der Waals surface area contributed by atoms with Gasteiger partial charge in [-0.2, -0.15) is 5.10 Å². The maximum absolute atomic E-state index is 11.7. The quantitative estimate of drug-likeness (QED) is 0.758. The highest BCUT2D eigenvalue weighted by atomic mass is 16.5. The van der Waals surface area contributed by atoms with Gasteiger partial charge >= 0.3 is 0 Å². The molecule has 1 amide bonds. The zero-order valence-corrected chi connectivity index (χ0v) is 15.3. The molecule has 6 nitrogen and oxygen atoms in total. The van der Waals surface area contributed by atoms with Crippen molar-refractivity contribution in [3.8, 4) is 22.7 Å². The number of piperazine rings is 1. The summed E-state index contributed by atoms with van der Waals surface area (Å²) in [5.41, 5.74) is 4.06. The molecule has 3 aromatic rings. The first kappa shape index (κ1) is 17.3. The van der Waals surface area contributed by atoms with Crippen LogP contribution in [0.25, 0.3) is 16.9 Å². The molecule has 1 aromatic heterocycles. The molecule has 4 rings (SSSR count). The van der Waals surface area contributed by atoms with Crippen LogP contribution in [-0.2, 0) is 11.3 Å². The van der Waals surface area contributed by atoms with E-state index < -0.39 is 0 Å². The first-order valence-electron chi connectivity index (χ1n) is 9.00. The summed E-state index contributed by atoms with van der Waals surface area (Å²) < 4.78 is 7.17. The fraction of sp³-hybridized carbons (Fsp3) is 0.238. The molecule has 1 N–H and O–H groups in total. The lowest BCUT2D eigenvalue weighted by molar-refractivity contribution is -0.124. The number of nitrogens with zero attached hydrogens (tertiary/aromatic N) is 3. The van der Waals surface area contributed by atoms with Crippen molar-refractivity contribution >= 4 is 5.91 Å². The van der Waals surface area contributed by atoms with Gasteiger partial charge < -0.3 is 10.1 Å². The third-order valence-corrected chi connectivity index (χ3v) is 4.69. The Morgan fingerprint density at radius 1 is 1.11 bits per heavy atom. The zero-order valence-electron chi connectivity index (χ0n) is 15.3. The van der Waals surface area contributed by atoms with E-state index in [1.807, 2.05) is 59.3 Å². The van der Waals surface area contributed by atoms with Crippen molar-refractivity contribution in [3.05, 3.63) is 66.4 Å². The highest BCUT2D eigenvalue weighted by Crippen LogP contribution is 2.27. The standard InChI is InChI=1S/C21H22N4O2/c1-27-19-9-7-16(8-10-19)21-17(13-24-12-11-22-20(26)15-24)14-25(23-21)18-5-3-2-4-6-18/h2-10,14H,11-13,15H2,1H3,(H,22,26). The van der Waals surface area contributed by atoms with Crippen molar-refractivity contribution in [2.75, 3.05) is 26.7 Å². The normalized spacial score (nSPS) is 14.8. The molecule has 1 aliphatic heterocycles. The lowest BCUT2D eigenvalue weighted by atomic mass is 10.1. The van der Waals surface area contributed by atoms with Gasteiger partial charge in [0.05, 0.1) is 25.0 Å². The Kier molecular flexibility index (Phi) is 4.89. The van der Waals surface area contributed by atoms with Crippen LogP contribution in [-0.4, -0.2) is 47.3 Å². The second-order valence-corrected chi connectivity index (χ2v) is 6.57. The molecular weight excluding hydrogens is 340 g/mol. The number of hydrogen-bond donors (Lipinski definition) is 1. The Bertz CT molecular complexity index is 919. The van der Waals surface area contributed by atoms with Crippen LogP contribution in [0.1, 0.15) is 5.56 Å². The molecule has 0 unspecified atom stereocenters. The largest absolute Gasteiger partial charge is 0.497 e. The Labute approximate surface area is 158 Å². The molecular formula is C21H22N4O2. The van der Waals surface area contributed by atoms with E-state index in [1.165, 1.54) is 0 Å². The van der Waals surface area contributed by atoms with Gasteiger partial charge in [-0.25, -0.2) is 4.68 Å². The Hall–Kier alpha value is -3.12. The second-order valence-electron chi connectivity index (χ2n) is 6.57. The average molecular weight is 362 g/mol. The molecule has 0 radical (unpaired) electrons. The third-order valence-electron chi connectivity index (χ3n) is 4.69. The van der Waals surface area contributed by atoms with Crippen molar-refractivity contribution in [1.29, 1.82) is 0 Å². The third kappa shape index (κ3) is 3.85. The van der Waals surface area contributed by atoms with Crippen LogP contribution in [0, 0.1) is 0 Å². The number of methoxy groups -OCH3 is 1. The maximum Gasteiger partial charge on any atom is 0.234 e. The SMILES string of the molecule is COc1ccc(-c2nn(-c3ccccc3)cc2CN2CCNC(=O)C2)cc1. The van der Waals surface area contributed by atoms with E-state index in [-0.39, 0.29) is 5.91 Å². The zero-order chi connectivity index (χ0) is 18.6. The lowest BCUT2D eigenvalue weighted by Gasteiger charge is -2.26. The van der Waals surface area contributed by atoms with Crippen LogP contribution < -0.4 is 10.1 Å². The summed E-state index contributed by atoms with van der Waals surface area (Å²) in [7, 11) is 1.66. The number of carbonyl (C=O) groups excluding carboxylic acids is 1. The topological polar surface area (TPSA) is 59.4 Å². The van der Waals surface area contributed by atoms with Crippen molar-refractivity contribution in [3.63, 3.8) is 0 Å². The molecule has 0 saturated carbocycles. The van der Waals surface area contributed by atoms with Gasteiger partial charge in [-0.3, -0.25) is 9.69 Å². The molecule has 1 saturated heterocycles.